The highest BCUT2D eigenvalue weighted by Crippen LogP contribution is 2.03. The molecule has 0 aliphatic rings. The summed E-state index contributed by atoms with van der Waals surface area (Å²) in [5.74, 6) is 5.86. The standard InChI is InChI=1S/C9H13BrO/c1-9(2,11-3)7-5-4-6-8-10/h4,6H,8H2,1-3H3. The average molecular weight is 217 g/mol. The van der Waals surface area contributed by atoms with Gasteiger partial charge in [0.1, 0.15) is 5.60 Å². The van der Waals surface area contributed by atoms with Gasteiger partial charge in [0.2, 0.25) is 0 Å². The predicted octanol–water partition coefficient (Wildman–Crippen LogP) is 2.37. The highest BCUT2D eigenvalue weighted by Gasteiger charge is 2.09. The minimum absolute atomic E-state index is 0.337. The molecule has 0 rings (SSSR count). The van der Waals surface area contributed by atoms with E-state index in [1.54, 1.807) is 7.11 Å². The molecule has 0 spiro atoms. The van der Waals surface area contributed by atoms with Crippen LogP contribution in [0.5, 0.6) is 0 Å². The lowest BCUT2D eigenvalue weighted by Gasteiger charge is -2.13. The third-order valence-electron chi connectivity index (χ3n) is 1.17. The number of allylic oxidation sites excluding steroid dienone is 2. The van der Waals surface area contributed by atoms with Crippen molar-refractivity contribution >= 4 is 15.9 Å². The van der Waals surface area contributed by atoms with E-state index in [0.29, 0.717) is 0 Å². The smallest absolute Gasteiger partial charge is 0.123 e. The molecule has 0 unspecified atom stereocenters. The van der Waals surface area contributed by atoms with Gasteiger partial charge in [-0.2, -0.15) is 0 Å². The zero-order valence-electron chi connectivity index (χ0n) is 7.15. The first-order chi connectivity index (χ1) is 5.12. The van der Waals surface area contributed by atoms with E-state index in [2.05, 4.69) is 27.8 Å². The Hall–Kier alpha value is -0.260. The Bertz CT molecular complexity index is 183. The van der Waals surface area contributed by atoms with E-state index in [1.165, 1.54) is 0 Å². The van der Waals surface area contributed by atoms with Crippen LogP contribution in [0, 0.1) is 11.8 Å². The molecule has 0 aliphatic heterocycles. The van der Waals surface area contributed by atoms with Crippen LogP contribution in [0.1, 0.15) is 13.8 Å². The van der Waals surface area contributed by atoms with Gasteiger partial charge in [-0.25, -0.2) is 0 Å². The fraction of sp³-hybridized carbons (Fsp3) is 0.556. The van der Waals surface area contributed by atoms with Gasteiger partial charge in [0.05, 0.1) is 0 Å². The van der Waals surface area contributed by atoms with Gasteiger partial charge in [-0.1, -0.05) is 33.8 Å². The number of methoxy groups -OCH3 is 1. The molecule has 0 radical (unpaired) electrons. The molecule has 0 atom stereocenters. The summed E-state index contributed by atoms with van der Waals surface area (Å²) >= 11 is 3.26. The lowest BCUT2D eigenvalue weighted by atomic mass is 10.1. The molecule has 0 aromatic rings. The minimum Gasteiger partial charge on any atom is -0.366 e. The first kappa shape index (κ1) is 10.7. The van der Waals surface area contributed by atoms with Crippen LogP contribution in [0.2, 0.25) is 0 Å². The Balaban J connectivity index is 3.96. The van der Waals surface area contributed by atoms with Crippen molar-refractivity contribution in [3.63, 3.8) is 0 Å². The minimum atomic E-state index is -0.337. The average Bonchev–Trinajstić information content (AvgIpc) is 1.99. The molecule has 0 N–H and O–H groups in total. The molecule has 0 fully saturated rings. The first-order valence-electron chi connectivity index (χ1n) is 3.41. The summed E-state index contributed by atoms with van der Waals surface area (Å²) in [4.78, 5) is 0. The van der Waals surface area contributed by atoms with Crippen LogP contribution in [-0.2, 0) is 4.74 Å². The number of alkyl halides is 1. The van der Waals surface area contributed by atoms with Crippen molar-refractivity contribution in [2.75, 3.05) is 12.4 Å². The molecular weight excluding hydrogens is 204 g/mol. The van der Waals surface area contributed by atoms with Crippen molar-refractivity contribution in [2.24, 2.45) is 0 Å². The summed E-state index contributed by atoms with van der Waals surface area (Å²) < 4.78 is 5.10. The summed E-state index contributed by atoms with van der Waals surface area (Å²) in [5.41, 5.74) is -0.337. The molecule has 1 nitrogen and oxygen atoms in total. The number of rotatable bonds is 2. The predicted molar refractivity (Wildman–Crippen MR) is 51.8 cm³/mol. The first-order valence-corrected chi connectivity index (χ1v) is 4.53. The van der Waals surface area contributed by atoms with Gasteiger partial charge in [-0.05, 0) is 19.9 Å². The maximum absolute atomic E-state index is 5.10. The van der Waals surface area contributed by atoms with E-state index in [9.17, 15) is 0 Å². The Labute approximate surface area is 76.9 Å². The largest absolute Gasteiger partial charge is 0.366 e. The molecule has 0 bridgehead atoms. The van der Waals surface area contributed by atoms with Crippen LogP contribution >= 0.6 is 15.9 Å². The van der Waals surface area contributed by atoms with Crippen LogP contribution in [0.3, 0.4) is 0 Å². The molecule has 0 heterocycles. The van der Waals surface area contributed by atoms with E-state index in [-0.39, 0.29) is 5.60 Å². The second-order valence-corrected chi connectivity index (χ2v) is 3.19. The topological polar surface area (TPSA) is 9.23 Å². The zero-order valence-corrected chi connectivity index (χ0v) is 8.73. The fourth-order valence-electron chi connectivity index (χ4n) is 0.370. The van der Waals surface area contributed by atoms with Crippen molar-refractivity contribution in [1.29, 1.82) is 0 Å². The van der Waals surface area contributed by atoms with Gasteiger partial charge in [0.15, 0.2) is 0 Å². The quantitative estimate of drug-likeness (QED) is 0.509. The van der Waals surface area contributed by atoms with Crippen molar-refractivity contribution < 1.29 is 4.74 Å². The van der Waals surface area contributed by atoms with Crippen molar-refractivity contribution in [3.05, 3.63) is 12.2 Å². The van der Waals surface area contributed by atoms with Gasteiger partial charge in [0, 0.05) is 12.4 Å². The lowest BCUT2D eigenvalue weighted by Crippen LogP contribution is -2.18. The third kappa shape index (κ3) is 6.15. The Morgan fingerprint density at radius 1 is 1.55 bits per heavy atom. The Morgan fingerprint density at radius 3 is 2.64 bits per heavy atom. The van der Waals surface area contributed by atoms with Gasteiger partial charge in [-0.15, -0.1) is 0 Å². The maximum Gasteiger partial charge on any atom is 0.123 e. The van der Waals surface area contributed by atoms with Gasteiger partial charge < -0.3 is 4.74 Å². The highest BCUT2D eigenvalue weighted by molar-refractivity contribution is 9.09. The van der Waals surface area contributed by atoms with E-state index in [1.807, 2.05) is 26.0 Å². The molecule has 2 heteroatoms. The van der Waals surface area contributed by atoms with Gasteiger partial charge in [0.25, 0.3) is 0 Å². The normalized spacial score (nSPS) is 11.3. The molecule has 0 saturated carbocycles. The SMILES string of the molecule is COC(C)(C)C#CC=CCBr. The Morgan fingerprint density at radius 2 is 2.18 bits per heavy atom. The Kier molecular flexibility index (Phi) is 5.27. The zero-order chi connectivity index (χ0) is 8.74. The number of hydrogen-bond donors (Lipinski definition) is 0. The molecule has 0 aromatic carbocycles. The number of hydrogen-bond acceptors (Lipinski definition) is 1. The van der Waals surface area contributed by atoms with Gasteiger partial charge in [-0.3, -0.25) is 0 Å². The molecular formula is C9H13BrO. The summed E-state index contributed by atoms with van der Waals surface area (Å²) in [7, 11) is 1.66. The fourth-order valence-corrected chi connectivity index (χ4v) is 0.557. The number of halogens is 1. The molecule has 11 heavy (non-hydrogen) atoms. The molecule has 62 valence electrons. The highest BCUT2D eigenvalue weighted by atomic mass is 79.9. The van der Waals surface area contributed by atoms with Crippen molar-refractivity contribution in [3.8, 4) is 11.8 Å². The third-order valence-corrected chi connectivity index (χ3v) is 1.55. The summed E-state index contributed by atoms with van der Waals surface area (Å²) in [6, 6.07) is 0. The maximum atomic E-state index is 5.10. The molecule has 0 aliphatic carbocycles. The van der Waals surface area contributed by atoms with Crippen LogP contribution in [0.25, 0.3) is 0 Å². The van der Waals surface area contributed by atoms with Gasteiger partial charge >= 0.3 is 0 Å². The molecule has 0 aromatic heterocycles. The monoisotopic (exact) mass is 216 g/mol. The van der Waals surface area contributed by atoms with E-state index >= 15 is 0 Å². The van der Waals surface area contributed by atoms with E-state index in [0.717, 1.165) is 5.33 Å². The molecule has 0 saturated heterocycles. The van der Waals surface area contributed by atoms with E-state index < -0.39 is 0 Å². The molecule has 0 amide bonds. The van der Waals surface area contributed by atoms with Crippen LogP contribution in [-0.4, -0.2) is 18.0 Å². The van der Waals surface area contributed by atoms with Crippen molar-refractivity contribution in [1.82, 2.24) is 0 Å². The number of ether oxygens (including phenoxy) is 1. The lowest BCUT2D eigenvalue weighted by molar-refractivity contribution is 0.0742. The van der Waals surface area contributed by atoms with Crippen LogP contribution < -0.4 is 0 Å². The second kappa shape index (κ2) is 5.40. The second-order valence-electron chi connectivity index (χ2n) is 2.54. The summed E-state index contributed by atoms with van der Waals surface area (Å²) in [5, 5.41) is 0.842. The summed E-state index contributed by atoms with van der Waals surface area (Å²) in [6.45, 7) is 3.87. The van der Waals surface area contributed by atoms with Crippen molar-refractivity contribution in [2.45, 2.75) is 19.4 Å². The van der Waals surface area contributed by atoms with Crippen LogP contribution in [0.4, 0.5) is 0 Å². The summed E-state index contributed by atoms with van der Waals surface area (Å²) in [6.07, 6.45) is 3.76. The van der Waals surface area contributed by atoms with E-state index in [4.69, 9.17) is 4.74 Å². The van der Waals surface area contributed by atoms with Crippen LogP contribution in [0.15, 0.2) is 12.2 Å².